The molecule has 1 fully saturated rings. The number of nitrogens with one attached hydrogen (secondary N) is 1. The fourth-order valence-electron chi connectivity index (χ4n) is 5.53. The molecule has 3 N–H and O–H groups in total. The first-order valence-corrected chi connectivity index (χ1v) is 12.6. The number of pyridine rings is 2. The Bertz CT molecular complexity index is 1570. The van der Waals surface area contributed by atoms with Crippen LogP contribution in [0.5, 0.6) is 0 Å². The molecule has 0 atom stereocenters. The third-order valence-corrected chi connectivity index (χ3v) is 7.47. The van der Waals surface area contributed by atoms with E-state index in [-0.39, 0.29) is 17.7 Å². The molecule has 0 spiro atoms. The van der Waals surface area contributed by atoms with Crippen molar-refractivity contribution in [2.24, 2.45) is 5.92 Å². The van der Waals surface area contributed by atoms with E-state index in [9.17, 15) is 4.79 Å². The SMILES string of the molecule is CNC(=O)[C@H]1CC[C@H](c2nc(-c3ccc4ccc(-c5ccccc5)nc4c3)c3c(N)cccn32)CC1. The molecular weight excluding hydrogens is 446 g/mol. The van der Waals surface area contributed by atoms with Crippen molar-refractivity contribution >= 4 is 28.0 Å². The number of nitrogens with two attached hydrogens (primary N) is 1. The molecule has 0 aliphatic heterocycles. The molecular formula is C30H29N5O. The number of nitrogens with zero attached hydrogens (tertiary/aromatic N) is 3. The highest BCUT2D eigenvalue weighted by Gasteiger charge is 2.30. The van der Waals surface area contributed by atoms with Crippen molar-refractivity contribution in [1.82, 2.24) is 19.7 Å². The van der Waals surface area contributed by atoms with Gasteiger partial charge in [-0.3, -0.25) is 4.79 Å². The number of rotatable bonds is 4. The Labute approximate surface area is 210 Å². The van der Waals surface area contributed by atoms with E-state index in [2.05, 4.69) is 58.4 Å². The minimum Gasteiger partial charge on any atom is -0.397 e. The molecule has 180 valence electrons. The van der Waals surface area contributed by atoms with Gasteiger partial charge in [0, 0.05) is 41.6 Å². The predicted molar refractivity (Wildman–Crippen MR) is 145 cm³/mol. The lowest BCUT2D eigenvalue weighted by atomic mass is 9.81. The average molecular weight is 476 g/mol. The Morgan fingerprint density at radius 2 is 1.69 bits per heavy atom. The van der Waals surface area contributed by atoms with Crippen LogP contribution in [0.1, 0.15) is 37.4 Å². The van der Waals surface area contributed by atoms with E-state index >= 15 is 0 Å². The largest absolute Gasteiger partial charge is 0.397 e. The maximum Gasteiger partial charge on any atom is 0.222 e. The second kappa shape index (κ2) is 9.11. The van der Waals surface area contributed by atoms with Crippen LogP contribution in [-0.4, -0.2) is 27.3 Å². The zero-order chi connectivity index (χ0) is 24.6. The number of aromatic nitrogens is 3. The van der Waals surface area contributed by atoms with Gasteiger partial charge in [0.25, 0.3) is 0 Å². The molecule has 1 aliphatic rings. The van der Waals surface area contributed by atoms with Crippen molar-refractivity contribution in [3.63, 3.8) is 0 Å². The molecule has 3 aromatic heterocycles. The Morgan fingerprint density at radius 3 is 2.47 bits per heavy atom. The number of benzene rings is 2. The third-order valence-electron chi connectivity index (χ3n) is 7.47. The molecule has 5 aromatic rings. The maximum atomic E-state index is 12.1. The number of amides is 1. The molecule has 3 heterocycles. The molecule has 0 unspecified atom stereocenters. The fourth-order valence-corrected chi connectivity index (χ4v) is 5.53. The lowest BCUT2D eigenvalue weighted by Crippen LogP contribution is -2.30. The van der Waals surface area contributed by atoms with Gasteiger partial charge in [0.15, 0.2) is 0 Å². The van der Waals surface area contributed by atoms with E-state index in [1.54, 1.807) is 7.05 Å². The van der Waals surface area contributed by atoms with Crippen molar-refractivity contribution in [2.75, 3.05) is 12.8 Å². The first kappa shape index (κ1) is 22.3. The van der Waals surface area contributed by atoms with Crippen LogP contribution in [0.25, 0.3) is 38.9 Å². The van der Waals surface area contributed by atoms with Gasteiger partial charge in [-0.25, -0.2) is 9.97 Å². The monoisotopic (exact) mass is 475 g/mol. The summed E-state index contributed by atoms with van der Waals surface area (Å²) >= 11 is 0. The first-order valence-electron chi connectivity index (χ1n) is 12.6. The van der Waals surface area contributed by atoms with Crippen molar-refractivity contribution in [3.05, 3.63) is 84.8 Å². The van der Waals surface area contributed by atoms with Crippen LogP contribution in [0.15, 0.2) is 79.0 Å². The van der Waals surface area contributed by atoms with Gasteiger partial charge in [-0.1, -0.05) is 48.5 Å². The molecule has 0 radical (unpaired) electrons. The Balaban J connectivity index is 1.42. The average Bonchev–Trinajstić information content (AvgIpc) is 3.33. The number of carbonyl (C=O) groups excluding carboxylic acids is 1. The van der Waals surface area contributed by atoms with Gasteiger partial charge in [-0.2, -0.15) is 0 Å². The minimum atomic E-state index is 0.0902. The van der Waals surface area contributed by atoms with Crippen molar-refractivity contribution < 1.29 is 4.79 Å². The molecule has 6 heteroatoms. The van der Waals surface area contributed by atoms with E-state index in [1.165, 1.54) is 0 Å². The smallest absolute Gasteiger partial charge is 0.222 e. The van der Waals surface area contributed by atoms with Gasteiger partial charge in [-0.15, -0.1) is 0 Å². The van der Waals surface area contributed by atoms with E-state index in [0.29, 0.717) is 5.69 Å². The normalized spacial score (nSPS) is 17.9. The lowest BCUT2D eigenvalue weighted by molar-refractivity contribution is -0.125. The zero-order valence-electron chi connectivity index (χ0n) is 20.3. The van der Waals surface area contributed by atoms with Gasteiger partial charge >= 0.3 is 0 Å². The highest BCUT2D eigenvalue weighted by molar-refractivity contribution is 5.92. The Morgan fingerprint density at radius 1 is 0.917 bits per heavy atom. The molecule has 1 aliphatic carbocycles. The molecule has 6 rings (SSSR count). The van der Waals surface area contributed by atoms with E-state index in [0.717, 1.165) is 70.4 Å². The van der Waals surface area contributed by atoms with Gasteiger partial charge in [0.2, 0.25) is 5.91 Å². The van der Waals surface area contributed by atoms with Crippen LogP contribution in [0, 0.1) is 5.92 Å². The van der Waals surface area contributed by atoms with E-state index < -0.39 is 0 Å². The highest BCUT2D eigenvalue weighted by Crippen LogP contribution is 2.39. The zero-order valence-corrected chi connectivity index (χ0v) is 20.3. The summed E-state index contributed by atoms with van der Waals surface area (Å²) in [6, 6.07) is 24.6. The number of nitrogen functional groups attached to an aromatic ring is 1. The number of fused-ring (bicyclic) bond motifs is 2. The second-order valence-electron chi connectivity index (χ2n) is 9.63. The number of carbonyl (C=O) groups is 1. The van der Waals surface area contributed by atoms with Crippen LogP contribution in [0.3, 0.4) is 0 Å². The summed E-state index contributed by atoms with van der Waals surface area (Å²) in [7, 11) is 1.72. The number of hydrogen-bond acceptors (Lipinski definition) is 4. The van der Waals surface area contributed by atoms with Gasteiger partial charge < -0.3 is 15.5 Å². The molecule has 0 bridgehead atoms. The summed E-state index contributed by atoms with van der Waals surface area (Å²) in [4.78, 5) is 22.3. The summed E-state index contributed by atoms with van der Waals surface area (Å²) in [6.45, 7) is 0. The van der Waals surface area contributed by atoms with Gasteiger partial charge in [-0.05, 0) is 49.9 Å². The third kappa shape index (κ3) is 3.88. The Hall–Kier alpha value is -4.19. The van der Waals surface area contributed by atoms with Crippen LogP contribution in [0.4, 0.5) is 5.69 Å². The molecule has 1 amide bonds. The molecule has 36 heavy (non-hydrogen) atoms. The quantitative estimate of drug-likeness (QED) is 0.343. The van der Waals surface area contributed by atoms with E-state index in [1.807, 2.05) is 30.3 Å². The summed E-state index contributed by atoms with van der Waals surface area (Å²) in [5, 5.41) is 3.88. The summed E-state index contributed by atoms with van der Waals surface area (Å²) in [5.74, 6) is 1.54. The van der Waals surface area contributed by atoms with Crippen LogP contribution in [0.2, 0.25) is 0 Å². The van der Waals surface area contributed by atoms with Crippen molar-refractivity contribution in [2.45, 2.75) is 31.6 Å². The molecule has 0 saturated heterocycles. The van der Waals surface area contributed by atoms with E-state index in [4.69, 9.17) is 15.7 Å². The second-order valence-corrected chi connectivity index (χ2v) is 9.63. The first-order chi connectivity index (χ1) is 17.6. The summed E-state index contributed by atoms with van der Waals surface area (Å²) < 4.78 is 2.15. The predicted octanol–water partition coefficient (Wildman–Crippen LogP) is 5.82. The fraction of sp³-hybridized carbons (Fsp3) is 0.233. The van der Waals surface area contributed by atoms with Gasteiger partial charge in [0.1, 0.15) is 5.82 Å². The van der Waals surface area contributed by atoms with Crippen LogP contribution >= 0.6 is 0 Å². The summed E-state index contributed by atoms with van der Waals surface area (Å²) in [6.07, 6.45) is 5.67. The standard InChI is InChI=1S/C30H29N5O/c1-32-30(36)22-12-10-21(11-13-22)29-34-27(28-24(31)8-5-17-35(28)29)23-14-9-20-15-16-25(33-26(20)18-23)19-6-3-2-4-7-19/h2-9,14-18,21-22H,10-13,31H2,1H3,(H,32,36)/t21-,22-. The topological polar surface area (TPSA) is 85.3 Å². The number of hydrogen-bond donors (Lipinski definition) is 2. The van der Waals surface area contributed by atoms with Crippen molar-refractivity contribution in [3.8, 4) is 22.5 Å². The highest BCUT2D eigenvalue weighted by atomic mass is 16.1. The number of imidazole rings is 1. The van der Waals surface area contributed by atoms with Gasteiger partial charge in [0.05, 0.1) is 28.1 Å². The summed E-state index contributed by atoms with van der Waals surface area (Å²) in [5.41, 5.74) is 13.0. The lowest BCUT2D eigenvalue weighted by Gasteiger charge is -2.26. The molecule has 6 nitrogen and oxygen atoms in total. The Kier molecular flexibility index (Phi) is 5.64. The molecule has 2 aromatic carbocycles. The maximum absolute atomic E-state index is 12.1. The molecule has 1 saturated carbocycles. The number of anilines is 1. The minimum absolute atomic E-state index is 0.0902. The van der Waals surface area contributed by atoms with Crippen LogP contribution < -0.4 is 11.1 Å². The van der Waals surface area contributed by atoms with Crippen molar-refractivity contribution in [1.29, 1.82) is 0 Å². The van der Waals surface area contributed by atoms with Crippen LogP contribution in [-0.2, 0) is 4.79 Å².